The van der Waals surface area contributed by atoms with Gasteiger partial charge in [0.1, 0.15) is 11.9 Å². The predicted octanol–water partition coefficient (Wildman–Crippen LogP) is 3.67. The molecular weight excluding hydrogens is 294 g/mol. The molecule has 0 radical (unpaired) electrons. The number of aliphatic hydroxyl groups is 1. The number of furan rings is 1. The van der Waals surface area contributed by atoms with Crippen molar-refractivity contribution in [1.82, 2.24) is 4.98 Å². The fraction of sp³-hybridized carbons (Fsp3) is 0.0714. The highest BCUT2D eigenvalue weighted by Crippen LogP contribution is 2.27. The van der Waals surface area contributed by atoms with Gasteiger partial charge in [0.05, 0.1) is 5.52 Å². The van der Waals surface area contributed by atoms with Crippen molar-refractivity contribution in [1.29, 1.82) is 0 Å². The molecule has 0 aliphatic carbocycles. The van der Waals surface area contributed by atoms with Crippen molar-refractivity contribution in [3.8, 4) is 0 Å². The molecule has 4 heteroatoms. The summed E-state index contributed by atoms with van der Waals surface area (Å²) in [4.78, 5) is 4.27. The fourth-order valence-electron chi connectivity index (χ4n) is 1.89. The van der Waals surface area contributed by atoms with E-state index < -0.39 is 6.10 Å². The lowest BCUT2D eigenvalue weighted by Gasteiger charge is -2.08. The molecule has 1 unspecified atom stereocenters. The van der Waals surface area contributed by atoms with E-state index in [9.17, 15) is 5.11 Å². The van der Waals surface area contributed by atoms with Gasteiger partial charge < -0.3 is 9.52 Å². The maximum atomic E-state index is 10.2. The Morgan fingerprint density at radius 2 is 2.06 bits per heavy atom. The Balaban J connectivity index is 2.03. The van der Waals surface area contributed by atoms with Crippen molar-refractivity contribution in [2.24, 2.45) is 0 Å². The molecule has 90 valence electrons. The maximum absolute atomic E-state index is 10.2. The van der Waals surface area contributed by atoms with Gasteiger partial charge in [0, 0.05) is 11.6 Å². The van der Waals surface area contributed by atoms with Crippen molar-refractivity contribution in [3.63, 3.8) is 0 Å². The van der Waals surface area contributed by atoms with E-state index >= 15 is 0 Å². The standard InChI is InChI=1S/C14H10BrNO2/c15-13-6-5-12(18-13)14(17)10-4-3-9-2-1-7-16-11(9)8-10/h1-8,14,17H. The second-order valence-electron chi connectivity index (χ2n) is 4.00. The summed E-state index contributed by atoms with van der Waals surface area (Å²) < 4.78 is 5.96. The molecule has 1 atom stereocenters. The fourth-order valence-corrected chi connectivity index (χ4v) is 2.21. The first-order chi connectivity index (χ1) is 8.74. The maximum Gasteiger partial charge on any atom is 0.169 e. The summed E-state index contributed by atoms with van der Waals surface area (Å²) in [5, 5.41) is 11.3. The van der Waals surface area contributed by atoms with Crippen LogP contribution in [0.25, 0.3) is 10.9 Å². The van der Waals surface area contributed by atoms with Crippen LogP contribution in [0.5, 0.6) is 0 Å². The highest BCUT2D eigenvalue weighted by atomic mass is 79.9. The Morgan fingerprint density at radius 1 is 1.17 bits per heavy atom. The quantitative estimate of drug-likeness (QED) is 0.785. The Kier molecular flexibility index (Phi) is 2.89. The van der Waals surface area contributed by atoms with Gasteiger partial charge in [0.15, 0.2) is 4.67 Å². The molecule has 3 rings (SSSR count). The van der Waals surface area contributed by atoms with Crippen molar-refractivity contribution in [2.45, 2.75) is 6.10 Å². The molecule has 0 amide bonds. The van der Waals surface area contributed by atoms with Gasteiger partial charge in [0.2, 0.25) is 0 Å². The number of nitrogens with zero attached hydrogens (tertiary/aromatic N) is 1. The van der Waals surface area contributed by atoms with Gasteiger partial charge in [-0.2, -0.15) is 0 Å². The zero-order valence-electron chi connectivity index (χ0n) is 9.38. The van der Waals surface area contributed by atoms with Gasteiger partial charge in [-0.3, -0.25) is 4.98 Å². The van der Waals surface area contributed by atoms with Crippen LogP contribution in [0, 0.1) is 0 Å². The van der Waals surface area contributed by atoms with E-state index in [1.807, 2.05) is 30.3 Å². The number of aromatic nitrogens is 1. The zero-order valence-corrected chi connectivity index (χ0v) is 11.0. The zero-order chi connectivity index (χ0) is 12.5. The number of hydrogen-bond donors (Lipinski definition) is 1. The lowest BCUT2D eigenvalue weighted by Crippen LogP contribution is -1.98. The minimum absolute atomic E-state index is 0.511. The van der Waals surface area contributed by atoms with Crippen LogP contribution in [-0.2, 0) is 0 Å². The van der Waals surface area contributed by atoms with E-state index in [-0.39, 0.29) is 0 Å². The summed E-state index contributed by atoms with van der Waals surface area (Å²) in [5.41, 5.74) is 1.63. The average molecular weight is 304 g/mol. The molecule has 0 saturated carbocycles. The first kappa shape index (κ1) is 11.4. The molecule has 2 heterocycles. The number of aliphatic hydroxyl groups excluding tert-OH is 1. The summed E-state index contributed by atoms with van der Waals surface area (Å²) in [6, 6.07) is 13.1. The average Bonchev–Trinajstić information content (AvgIpc) is 2.84. The van der Waals surface area contributed by atoms with Gasteiger partial charge in [0.25, 0.3) is 0 Å². The molecule has 1 N–H and O–H groups in total. The van der Waals surface area contributed by atoms with E-state index in [0.717, 1.165) is 16.5 Å². The van der Waals surface area contributed by atoms with Crippen LogP contribution in [0.3, 0.4) is 0 Å². The van der Waals surface area contributed by atoms with E-state index in [1.54, 1.807) is 18.3 Å². The number of benzene rings is 1. The topological polar surface area (TPSA) is 46.3 Å². The number of fused-ring (bicyclic) bond motifs is 1. The van der Waals surface area contributed by atoms with E-state index in [0.29, 0.717) is 10.4 Å². The number of hydrogen-bond acceptors (Lipinski definition) is 3. The lowest BCUT2D eigenvalue weighted by atomic mass is 10.1. The Morgan fingerprint density at radius 3 is 2.83 bits per heavy atom. The molecule has 0 aliphatic heterocycles. The van der Waals surface area contributed by atoms with Crippen molar-refractivity contribution in [3.05, 3.63) is 64.7 Å². The van der Waals surface area contributed by atoms with Crippen LogP contribution in [0.1, 0.15) is 17.4 Å². The lowest BCUT2D eigenvalue weighted by molar-refractivity contribution is 0.188. The van der Waals surface area contributed by atoms with Crippen LogP contribution in [-0.4, -0.2) is 10.1 Å². The Labute approximate surface area is 112 Å². The number of rotatable bonds is 2. The first-order valence-corrected chi connectivity index (χ1v) is 6.31. The highest BCUT2D eigenvalue weighted by molar-refractivity contribution is 9.10. The molecule has 1 aromatic carbocycles. The second-order valence-corrected chi connectivity index (χ2v) is 4.78. The summed E-state index contributed by atoms with van der Waals surface area (Å²) in [5.74, 6) is 0.511. The first-order valence-electron chi connectivity index (χ1n) is 5.52. The minimum atomic E-state index is -0.775. The third-order valence-corrected chi connectivity index (χ3v) is 3.24. The summed E-state index contributed by atoms with van der Waals surface area (Å²) in [7, 11) is 0. The highest BCUT2D eigenvalue weighted by Gasteiger charge is 2.14. The van der Waals surface area contributed by atoms with Gasteiger partial charge in [-0.25, -0.2) is 0 Å². The summed E-state index contributed by atoms with van der Waals surface area (Å²) in [6.45, 7) is 0. The van der Waals surface area contributed by atoms with Gasteiger partial charge >= 0.3 is 0 Å². The van der Waals surface area contributed by atoms with Crippen LogP contribution in [0.15, 0.2) is 57.7 Å². The van der Waals surface area contributed by atoms with E-state index in [1.165, 1.54) is 0 Å². The normalized spacial score (nSPS) is 12.8. The van der Waals surface area contributed by atoms with E-state index in [4.69, 9.17) is 4.42 Å². The Bertz CT molecular complexity index is 693. The molecule has 0 bridgehead atoms. The van der Waals surface area contributed by atoms with Gasteiger partial charge in [-0.05, 0) is 45.8 Å². The number of pyridine rings is 1. The van der Waals surface area contributed by atoms with Crippen LogP contribution < -0.4 is 0 Å². The minimum Gasteiger partial charge on any atom is -0.451 e. The molecule has 3 nitrogen and oxygen atoms in total. The predicted molar refractivity (Wildman–Crippen MR) is 72.2 cm³/mol. The third kappa shape index (κ3) is 2.05. The molecule has 2 aromatic heterocycles. The smallest absolute Gasteiger partial charge is 0.169 e. The van der Waals surface area contributed by atoms with Crippen LogP contribution in [0.2, 0.25) is 0 Å². The summed E-state index contributed by atoms with van der Waals surface area (Å²) >= 11 is 3.22. The molecule has 3 aromatic rings. The number of halogens is 1. The van der Waals surface area contributed by atoms with Gasteiger partial charge in [-0.1, -0.05) is 18.2 Å². The SMILES string of the molecule is OC(c1ccc2cccnc2c1)c1ccc(Br)o1. The van der Waals surface area contributed by atoms with Crippen LogP contribution >= 0.6 is 15.9 Å². The molecule has 0 fully saturated rings. The van der Waals surface area contributed by atoms with Gasteiger partial charge in [-0.15, -0.1) is 0 Å². The summed E-state index contributed by atoms with van der Waals surface area (Å²) in [6.07, 6.45) is 0.963. The Hall–Kier alpha value is -1.65. The molecule has 18 heavy (non-hydrogen) atoms. The van der Waals surface area contributed by atoms with Crippen molar-refractivity contribution >= 4 is 26.8 Å². The second kappa shape index (κ2) is 4.55. The molecule has 0 saturated heterocycles. The van der Waals surface area contributed by atoms with Crippen molar-refractivity contribution < 1.29 is 9.52 Å². The largest absolute Gasteiger partial charge is 0.451 e. The van der Waals surface area contributed by atoms with Crippen molar-refractivity contribution in [2.75, 3.05) is 0 Å². The van der Waals surface area contributed by atoms with E-state index in [2.05, 4.69) is 20.9 Å². The third-order valence-electron chi connectivity index (χ3n) is 2.81. The van der Waals surface area contributed by atoms with Crippen LogP contribution in [0.4, 0.5) is 0 Å². The molecule has 0 spiro atoms. The molecule has 0 aliphatic rings. The molecular formula is C14H10BrNO2. The monoisotopic (exact) mass is 303 g/mol.